The summed E-state index contributed by atoms with van der Waals surface area (Å²) >= 11 is 6.26. The smallest absolute Gasteiger partial charge is 0.282 e. The fourth-order valence-electron chi connectivity index (χ4n) is 3.76. The van der Waals surface area contributed by atoms with Crippen molar-refractivity contribution in [2.45, 2.75) is 6.92 Å². The van der Waals surface area contributed by atoms with Crippen molar-refractivity contribution < 1.29 is 9.59 Å². The Kier molecular flexibility index (Phi) is 4.96. The van der Waals surface area contributed by atoms with E-state index in [1.165, 1.54) is 4.90 Å². The second kappa shape index (κ2) is 7.41. The molecule has 2 amide bonds. The molecule has 4 rings (SSSR count). The van der Waals surface area contributed by atoms with Gasteiger partial charge in [0, 0.05) is 31.2 Å². The SMILES string of the molecule is Cc1c(Cl)cccc1N1C(=O)C(c2ccccc2)=C(N2CCN(C)CC2)C1=O. The monoisotopic (exact) mass is 395 g/mol. The Balaban J connectivity index is 1.83. The van der Waals surface area contributed by atoms with E-state index in [2.05, 4.69) is 11.9 Å². The first kappa shape index (κ1) is 18.7. The second-order valence-electron chi connectivity index (χ2n) is 7.21. The molecule has 0 aliphatic carbocycles. The summed E-state index contributed by atoms with van der Waals surface area (Å²) in [5.74, 6) is -0.575. The first-order valence-corrected chi connectivity index (χ1v) is 9.74. The summed E-state index contributed by atoms with van der Waals surface area (Å²) in [6.07, 6.45) is 0. The molecular formula is C22H22ClN3O2. The van der Waals surface area contributed by atoms with Crippen molar-refractivity contribution in [1.29, 1.82) is 0 Å². The summed E-state index contributed by atoms with van der Waals surface area (Å²) in [6, 6.07) is 14.7. The number of hydrogen-bond acceptors (Lipinski definition) is 4. The minimum atomic E-state index is -0.296. The summed E-state index contributed by atoms with van der Waals surface area (Å²) in [4.78, 5) is 32.5. The molecule has 0 saturated carbocycles. The van der Waals surface area contributed by atoms with Crippen LogP contribution in [0, 0.1) is 6.92 Å². The van der Waals surface area contributed by atoms with Crippen LogP contribution < -0.4 is 4.90 Å². The van der Waals surface area contributed by atoms with E-state index in [-0.39, 0.29) is 11.8 Å². The highest BCUT2D eigenvalue weighted by Gasteiger charge is 2.43. The van der Waals surface area contributed by atoms with Crippen LogP contribution in [0.5, 0.6) is 0 Å². The third-order valence-corrected chi connectivity index (χ3v) is 5.83. The summed E-state index contributed by atoms with van der Waals surface area (Å²) < 4.78 is 0. The third kappa shape index (κ3) is 3.11. The van der Waals surface area contributed by atoms with Crippen LogP contribution >= 0.6 is 11.6 Å². The van der Waals surface area contributed by atoms with E-state index in [1.54, 1.807) is 18.2 Å². The van der Waals surface area contributed by atoms with Crippen LogP contribution in [0.25, 0.3) is 5.57 Å². The van der Waals surface area contributed by atoms with Crippen LogP contribution in [0.15, 0.2) is 54.2 Å². The van der Waals surface area contributed by atoms with E-state index >= 15 is 0 Å². The molecular weight excluding hydrogens is 374 g/mol. The molecule has 1 fully saturated rings. The van der Waals surface area contributed by atoms with Gasteiger partial charge in [0.1, 0.15) is 5.70 Å². The van der Waals surface area contributed by atoms with E-state index in [0.29, 0.717) is 35.1 Å². The van der Waals surface area contributed by atoms with Gasteiger partial charge in [-0.2, -0.15) is 0 Å². The van der Waals surface area contributed by atoms with Gasteiger partial charge in [0.2, 0.25) is 0 Å². The number of carbonyl (C=O) groups excluding carboxylic acids is 2. The molecule has 28 heavy (non-hydrogen) atoms. The van der Waals surface area contributed by atoms with Gasteiger partial charge in [-0.1, -0.05) is 48.0 Å². The Labute approximate surface area is 169 Å². The zero-order chi connectivity index (χ0) is 19.8. The van der Waals surface area contributed by atoms with Gasteiger partial charge in [0.05, 0.1) is 11.3 Å². The van der Waals surface area contributed by atoms with Gasteiger partial charge >= 0.3 is 0 Å². The highest BCUT2D eigenvalue weighted by molar-refractivity contribution is 6.46. The first-order valence-electron chi connectivity index (χ1n) is 9.36. The minimum Gasteiger partial charge on any atom is -0.364 e. The normalized spacial score (nSPS) is 18.4. The van der Waals surface area contributed by atoms with Crippen molar-refractivity contribution >= 4 is 34.7 Å². The molecule has 0 unspecified atom stereocenters. The lowest BCUT2D eigenvalue weighted by Gasteiger charge is -2.34. The number of likely N-dealkylation sites (N-methyl/N-ethyl adjacent to an activating group) is 1. The maximum atomic E-state index is 13.5. The Morgan fingerprint density at radius 2 is 1.54 bits per heavy atom. The van der Waals surface area contributed by atoms with E-state index in [9.17, 15) is 9.59 Å². The number of anilines is 1. The summed E-state index contributed by atoms with van der Waals surface area (Å²) in [7, 11) is 2.06. The number of halogens is 1. The summed E-state index contributed by atoms with van der Waals surface area (Å²) in [6.45, 7) is 4.95. The fraction of sp³-hybridized carbons (Fsp3) is 0.273. The molecule has 0 atom stereocenters. The number of hydrogen-bond donors (Lipinski definition) is 0. The first-order chi connectivity index (χ1) is 13.5. The van der Waals surface area contributed by atoms with Gasteiger partial charge in [0.15, 0.2) is 0 Å². The van der Waals surface area contributed by atoms with Crippen molar-refractivity contribution in [1.82, 2.24) is 9.80 Å². The summed E-state index contributed by atoms with van der Waals surface area (Å²) in [5.41, 5.74) is 2.98. The van der Waals surface area contributed by atoms with Gasteiger partial charge in [-0.05, 0) is 37.2 Å². The van der Waals surface area contributed by atoms with E-state index in [0.717, 1.165) is 24.2 Å². The zero-order valence-corrected chi connectivity index (χ0v) is 16.7. The molecule has 5 nitrogen and oxygen atoms in total. The van der Waals surface area contributed by atoms with Crippen molar-refractivity contribution in [3.8, 4) is 0 Å². The Morgan fingerprint density at radius 1 is 0.857 bits per heavy atom. The molecule has 1 saturated heterocycles. The molecule has 2 heterocycles. The van der Waals surface area contributed by atoms with Gasteiger partial charge in [-0.25, -0.2) is 4.90 Å². The molecule has 2 aromatic rings. The average Bonchev–Trinajstić information content (AvgIpc) is 2.96. The Bertz CT molecular complexity index is 963. The molecule has 144 valence electrons. The minimum absolute atomic E-state index is 0.279. The van der Waals surface area contributed by atoms with Crippen LogP contribution in [0.3, 0.4) is 0 Å². The molecule has 2 aliphatic rings. The summed E-state index contributed by atoms with van der Waals surface area (Å²) in [5, 5.41) is 0.535. The van der Waals surface area contributed by atoms with Gasteiger partial charge in [-0.15, -0.1) is 0 Å². The van der Waals surface area contributed by atoms with Crippen LogP contribution in [0.4, 0.5) is 5.69 Å². The largest absolute Gasteiger partial charge is 0.364 e. The third-order valence-electron chi connectivity index (χ3n) is 5.42. The van der Waals surface area contributed by atoms with Crippen molar-refractivity contribution in [3.05, 3.63) is 70.4 Å². The molecule has 0 aromatic heterocycles. The Morgan fingerprint density at radius 3 is 2.21 bits per heavy atom. The lowest BCUT2D eigenvalue weighted by atomic mass is 10.0. The van der Waals surface area contributed by atoms with Crippen LogP contribution in [0.2, 0.25) is 5.02 Å². The molecule has 0 N–H and O–H groups in total. The number of imide groups is 1. The average molecular weight is 396 g/mol. The molecule has 2 aliphatic heterocycles. The van der Waals surface area contributed by atoms with Crippen LogP contribution in [-0.2, 0) is 9.59 Å². The van der Waals surface area contributed by atoms with Gasteiger partial charge in [-0.3, -0.25) is 9.59 Å². The van der Waals surface area contributed by atoms with E-state index < -0.39 is 0 Å². The predicted molar refractivity (Wildman–Crippen MR) is 111 cm³/mol. The molecule has 6 heteroatoms. The topological polar surface area (TPSA) is 43.9 Å². The molecule has 0 bridgehead atoms. The quantitative estimate of drug-likeness (QED) is 0.749. The highest BCUT2D eigenvalue weighted by atomic mass is 35.5. The second-order valence-corrected chi connectivity index (χ2v) is 7.62. The van der Waals surface area contributed by atoms with Gasteiger partial charge < -0.3 is 9.80 Å². The molecule has 0 spiro atoms. The predicted octanol–water partition coefficient (Wildman–Crippen LogP) is 3.18. The van der Waals surface area contributed by atoms with E-state index in [1.807, 2.05) is 42.2 Å². The number of carbonyl (C=O) groups is 2. The Hall–Kier alpha value is -2.63. The number of nitrogens with zero attached hydrogens (tertiary/aromatic N) is 3. The zero-order valence-electron chi connectivity index (χ0n) is 16.0. The molecule has 2 aromatic carbocycles. The highest BCUT2D eigenvalue weighted by Crippen LogP contribution is 2.37. The number of benzene rings is 2. The standard InChI is InChI=1S/C22H22ClN3O2/c1-15-17(23)9-6-10-18(15)26-21(27)19(16-7-4-3-5-8-16)20(22(26)28)25-13-11-24(2)12-14-25/h3-10H,11-14H2,1-2H3. The number of rotatable bonds is 3. The van der Waals surface area contributed by atoms with Gasteiger partial charge in [0.25, 0.3) is 11.8 Å². The number of piperazine rings is 1. The van der Waals surface area contributed by atoms with Crippen molar-refractivity contribution in [3.63, 3.8) is 0 Å². The fourth-order valence-corrected chi connectivity index (χ4v) is 3.93. The van der Waals surface area contributed by atoms with Crippen LogP contribution in [0.1, 0.15) is 11.1 Å². The maximum absolute atomic E-state index is 13.5. The number of amides is 2. The lowest BCUT2D eigenvalue weighted by Crippen LogP contribution is -2.46. The lowest BCUT2D eigenvalue weighted by molar-refractivity contribution is -0.120. The van der Waals surface area contributed by atoms with Crippen molar-refractivity contribution in [2.75, 3.05) is 38.1 Å². The maximum Gasteiger partial charge on any atom is 0.282 e. The van der Waals surface area contributed by atoms with E-state index in [4.69, 9.17) is 11.6 Å². The molecule has 0 radical (unpaired) electrons. The van der Waals surface area contributed by atoms with Crippen molar-refractivity contribution in [2.24, 2.45) is 0 Å². The van der Waals surface area contributed by atoms with Crippen LogP contribution in [-0.4, -0.2) is 54.8 Å².